The average Bonchev–Trinajstić information content (AvgIpc) is 2.67. The maximum atomic E-state index is 12.2. The molecule has 4 N–H and O–H groups in total. The monoisotopic (exact) mass is 384 g/mol. The van der Waals surface area contributed by atoms with Gasteiger partial charge in [-0.3, -0.25) is 9.78 Å². The molecule has 0 saturated heterocycles. The lowest BCUT2D eigenvalue weighted by atomic mass is 10.00. The Morgan fingerprint density at radius 2 is 1.74 bits per heavy atom. The van der Waals surface area contributed by atoms with E-state index in [0.29, 0.717) is 38.7 Å². The van der Waals surface area contributed by atoms with E-state index in [1.54, 1.807) is 50.7 Å². The number of hydrogen-bond donors (Lipinski definition) is 2. The van der Waals surface area contributed by atoms with Crippen LogP contribution in [-0.4, -0.2) is 31.1 Å². The van der Waals surface area contributed by atoms with Crippen LogP contribution in [0.2, 0.25) is 5.02 Å². The normalized spacial score (nSPS) is 10.5. The molecule has 1 aromatic heterocycles. The van der Waals surface area contributed by atoms with Crippen LogP contribution < -0.4 is 20.9 Å². The molecule has 3 rings (SSSR count). The van der Waals surface area contributed by atoms with Crippen molar-refractivity contribution in [2.45, 2.75) is 0 Å². The van der Waals surface area contributed by atoms with Gasteiger partial charge in [0.15, 0.2) is 5.96 Å². The molecule has 27 heavy (non-hydrogen) atoms. The van der Waals surface area contributed by atoms with Crippen LogP contribution in [0, 0.1) is 0 Å². The number of carbonyl (C=O) groups is 1. The summed E-state index contributed by atoms with van der Waals surface area (Å²) in [5.41, 5.74) is 12.1. The molecule has 0 fully saturated rings. The molecule has 8 heteroatoms. The van der Waals surface area contributed by atoms with Crippen molar-refractivity contribution in [3.8, 4) is 22.8 Å². The third-order valence-electron chi connectivity index (χ3n) is 3.98. The molecule has 2 aromatic carbocycles. The molecule has 0 saturated carbocycles. The minimum atomic E-state index is -0.560. The zero-order chi connectivity index (χ0) is 19.6. The second-order valence-electron chi connectivity index (χ2n) is 5.59. The van der Waals surface area contributed by atoms with Crippen molar-refractivity contribution in [2.75, 3.05) is 14.2 Å². The molecule has 0 aliphatic rings. The first-order chi connectivity index (χ1) is 13.0. The molecule has 1 amide bonds. The molecule has 0 aliphatic heterocycles. The minimum Gasteiger partial charge on any atom is -0.496 e. The third-order valence-corrected chi connectivity index (χ3v) is 4.28. The van der Waals surface area contributed by atoms with Crippen LogP contribution in [0.4, 0.5) is 0 Å². The Hall–Kier alpha value is -3.32. The van der Waals surface area contributed by atoms with Crippen molar-refractivity contribution >= 4 is 34.2 Å². The highest BCUT2D eigenvalue weighted by Crippen LogP contribution is 2.41. The first kappa shape index (κ1) is 18.5. The Morgan fingerprint density at radius 1 is 1.07 bits per heavy atom. The number of nitrogens with zero attached hydrogens (tertiary/aromatic N) is 2. The fourth-order valence-corrected chi connectivity index (χ4v) is 3.02. The summed E-state index contributed by atoms with van der Waals surface area (Å²) in [4.78, 5) is 20.3. The molecule has 0 unspecified atom stereocenters. The quantitative estimate of drug-likeness (QED) is 0.528. The molecule has 138 valence electrons. The van der Waals surface area contributed by atoms with E-state index >= 15 is 0 Å². The van der Waals surface area contributed by atoms with Gasteiger partial charge in [-0.05, 0) is 24.3 Å². The number of carbonyl (C=O) groups excluding carboxylic acids is 1. The predicted molar refractivity (Wildman–Crippen MR) is 105 cm³/mol. The fraction of sp³-hybridized carbons (Fsp3) is 0.105. The van der Waals surface area contributed by atoms with Gasteiger partial charge in [-0.25, -0.2) is 0 Å². The summed E-state index contributed by atoms with van der Waals surface area (Å²) < 4.78 is 11.0. The van der Waals surface area contributed by atoms with Crippen molar-refractivity contribution in [2.24, 2.45) is 16.5 Å². The highest BCUT2D eigenvalue weighted by atomic mass is 35.5. The lowest BCUT2D eigenvalue weighted by Crippen LogP contribution is -2.24. The van der Waals surface area contributed by atoms with Gasteiger partial charge in [-0.2, -0.15) is 4.99 Å². The molecule has 0 atom stereocenters. The first-order valence-corrected chi connectivity index (χ1v) is 8.27. The van der Waals surface area contributed by atoms with Crippen LogP contribution in [-0.2, 0) is 0 Å². The average molecular weight is 385 g/mol. The molecule has 1 heterocycles. The van der Waals surface area contributed by atoms with Gasteiger partial charge in [0.2, 0.25) is 0 Å². The van der Waals surface area contributed by atoms with Crippen molar-refractivity contribution in [1.82, 2.24) is 4.98 Å². The van der Waals surface area contributed by atoms with Crippen molar-refractivity contribution in [1.29, 1.82) is 0 Å². The molecule has 0 aliphatic carbocycles. The molecule has 3 aromatic rings. The van der Waals surface area contributed by atoms with Crippen molar-refractivity contribution in [3.63, 3.8) is 0 Å². The zero-order valence-electron chi connectivity index (χ0n) is 14.7. The van der Waals surface area contributed by atoms with Gasteiger partial charge in [-0.15, -0.1) is 0 Å². The van der Waals surface area contributed by atoms with Gasteiger partial charge in [0, 0.05) is 22.5 Å². The Morgan fingerprint density at radius 3 is 2.33 bits per heavy atom. The van der Waals surface area contributed by atoms with E-state index in [2.05, 4.69) is 9.98 Å². The van der Waals surface area contributed by atoms with Gasteiger partial charge < -0.3 is 20.9 Å². The second kappa shape index (κ2) is 7.51. The van der Waals surface area contributed by atoms with E-state index in [1.807, 2.05) is 6.07 Å². The van der Waals surface area contributed by atoms with E-state index in [9.17, 15) is 4.79 Å². The highest BCUT2D eigenvalue weighted by Gasteiger charge is 2.19. The van der Waals surface area contributed by atoms with Crippen LogP contribution in [0.15, 0.2) is 47.6 Å². The topological polar surface area (TPSA) is 113 Å². The van der Waals surface area contributed by atoms with E-state index in [4.69, 9.17) is 32.5 Å². The number of benzene rings is 2. The lowest BCUT2D eigenvalue weighted by Gasteiger charge is -2.15. The number of nitrogens with two attached hydrogens (primary N) is 2. The number of aliphatic imine (C=N–C) groups is 1. The Kier molecular flexibility index (Phi) is 5.14. The van der Waals surface area contributed by atoms with Gasteiger partial charge in [0.05, 0.1) is 30.5 Å². The summed E-state index contributed by atoms with van der Waals surface area (Å²) in [5, 5.41) is 1.81. The number of guanidine groups is 1. The Bertz CT molecular complexity index is 1040. The maximum Gasteiger partial charge on any atom is 0.280 e. The van der Waals surface area contributed by atoms with Crippen LogP contribution in [0.5, 0.6) is 11.5 Å². The van der Waals surface area contributed by atoms with Crippen LogP contribution in [0.3, 0.4) is 0 Å². The molecular formula is C19H17ClN4O3. The summed E-state index contributed by atoms with van der Waals surface area (Å²) in [6.07, 6.45) is 1.54. The second-order valence-corrected chi connectivity index (χ2v) is 6.00. The summed E-state index contributed by atoms with van der Waals surface area (Å²) in [6.45, 7) is 0. The number of ether oxygens (including phenoxy) is 2. The zero-order valence-corrected chi connectivity index (χ0v) is 15.4. The smallest absolute Gasteiger partial charge is 0.280 e. The summed E-state index contributed by atoms with van der Waals surface area (Å²) in [6, 6.07) is 10.4. The Labute approximate surface area is 160 Å². The largest absolute Gasteiger partial charge is 0.496 e. The fourth-order valence-electron chi connectivity index (χ4n) is 2.81. The lowest BCUT2D eigenvalue weighted by molar-refractivity contribution is 0.100. The molecule has 0 bridgehead atoms. The van der Waals surface area contributed by atoms with E-state index in [0.717, 1.165) is 5.39 Å². The molecule has 0 spiro atoms. The highest BCUT2D eigenvalue weighted by molar-refractivity contribution is 6.36. The SMILES string of the molecule is COc1cccc(OC)c1-c1ncc(Cl)c2ccc(C(=O)N=C(N)N)cc12. The van der Waals surface area contributed by atoms with Gasteiger partial charge in [-0.1, -0.05) is 23.7 Å². The third kappa shape index (κ3) is 3.50. The van der Waals surface area contributed by atoms with E-state index < -0.39 is 5.91 Å². The van der Waals surface area contributed by atoms with E-state index in [1.165, 1.54) is 0 Å². The summed E-state index contributed by atoms with van der Waals surface area (Å²) in [5.74, 6) is 0.281. The number of halogens is 1. The number of hydrogen-bond acceptors (Lipinski definition) is 4. The number of methoxy groups -OCH3 is 2. The number of amides is 1. The summed E-state index contributed by atoms with van der Waals surface area (Å²) >= 11 is 6.30. The van der Waals surface area contributed by atoms with Crippen LogP contribution in [0.1, 0.15) is 10.4 Å². The number of fused-ring (bicyclic) bond motifs is 1. The summed E-state index contributed by atoms with van der Waals surface area (Å²) in [7, 11) is 3.12. The van der Waals surface area contributed by atoms with Gasteiger partial charge >= 0.3 is 0 Å². The van der Waals surface area contributed by atoms with Crippen molar-refractivity contribution < 1.29 is 14.3 Å². The first-order valence-electron chi connectivity index (χ1n) is 7.89. The number of pyridine rings is 1. The minimum absolute atomic E-state index is 0.301. The van der Waals surface area contributed by atoms with Crippen LogP contribution in [0.25, 0.3) is 22.0 Å². The van der Waals surface area contributed by atoms with Crippen molar-refractivity contribution in [3.05, 3.63) is 53.2 Å². The number of rotatable bonds is 4. The van der Waals surface area contributed by atoms with Gasteiger partial charge in [0.1, 0.15) is 11.5 Å². The molecular weight excluding hydrogens is 368 g/mol. The number of aromatic nitrogens is 1. The standard InChI is InChI=1S/C19H17ClN4O3/c1-26-14-4-3-5-15(27-2)16(14)17-12-8-10(18(25)24-19(21)22)6-7-11(12)13(20)9-23-17/h3-9H,1-2H3,(H4,21,22,24,25). The van der Waals surface area contributed by atoms with E-state index in [-0.39, 0.29) is 5.96 Å². The van der Waals surface area contributed by atoms with Gasteiger partial charge in [0.25, 0.3) is 5.91 Å². The van der Waals surface area contributed by atoms with Crippen LogP contribution >= 0.6 is 11.6 Å². The molecule has 7 nitrogen and oxygen atoms in total. The molecule has 0 radical (unpaired) electrons. The predicted octanol–water partition coefficient (Wildman–Crippen LogP) is 2.99. The maximum absolute atomic E-state index is 12.2. The Balaban J connectivity index is 2.33.